The van der Waals surface area contributed by atoms with E-state index in [4.69, 9.17) is 22.1 Å². The maximum Gasteiger partial charge on any atom is 0.146 e. The summed E-state index contributed by atoms with van der Waals surface area (Å²) in [5, 5.41) is 0.156. The van der Waals surface area contributed by atoms with Gasteiger partial charge in [-0.15, -0.1) is 0 Å². The molecule has 3 nitrogen and oxygen atoms in total. The summed E-state index contributed by atoms with van der Waals surface area (Å²) < 4.78 is 19.3. The minimum absolute atomic E-state index is 0.111. The second kappa shape index (κ2) is 6.66. The van der Waals surface area contributed by atoms with E-state index in [-0.39, 0.29) is 16.9 Å². The van der Waals surface area contributed by atoms with E-state index in [1.54, 1.807) is 25.3 Å². The van der Waals surface area contributed by atoms with Crippen molar-refractivity contribution in [1.29, 1.82) is 0 Å². The molecule has 0 spiro atoms. The van der Waals surface area contributed by atoms with Crippen molar-refractivity contribution >= 4 is 11.6 Å². The number of nitrogens with zero attached hydrogens (tertiary/aromatic N) is 1. The first-order valence-electron chi connectivity index (χ1n) is 6.54. The Morgan fingerprint density at radius 3 is 3.05 bits per heavy atom. The highest BCUT2D eigenvalue weighted by Gasteiger charge is 2.30. The van der Waals surface area contributed by atoms with E-state index in [2.05, 4.69) is 4.90 Å². The van der Waals surface area contributed by atoms with Gasteiger partial charge in [-0.1, -0.05) is 23.7 Å². The molecule has 1 aromatic carbocycles. The summed E-state index contributed by atoms with van der Waals surface area (Å²) in [5.41, 5.74) is 6.43. The van der Waals surface area contributed by atoms with Crippen molar-refractivity contribution in [2.75, 3.05) is 33.4 Å². The number of ether oxygens (including phenoxy) is 1. The SMILES string of the molecule is COCC1CCN(C(CN)c2cccc(Cl)c2F)C1. The Kier molecular flexibility index (Phi) is 5.16. The second-order valence-corrected chi connectivity index (χ2v) is 5.41. The molecular formula is C14H20ClFN2O. The molecule has 2 unspecified atom stereocenters. The van der Waals surface area contributed by atoms with Crippen molar-refractivity contribution in [2.24, 2.45) is 11.7 Å². The molecular weight excluding hydrogens is 267 g/mol. The van der Waals surface area contributed by atoms with E-state index in [0.717, 1.165) is 26.1 Å². The third-order valence-corrected chi connectivity index (χ3v) is 4.02. The molecule has 19 heavy (non-hydrogen) atoms. The number of halogens is 2. The second-order valence-electron chi connectivity index (χ2n) is 5.00. The third-order valence-electron chi connectivity index (χ3n) is 3.72. The zero-order chi connectivity index (χ0) is 13.8. The molecule has 106 valence electrons. The molecule has 2 rings (SSSR count). The van der Waals surface area contributed by atoms with Gasteiger partial charge in [-0.05, 0) is 24.9 Å². The molecule has 0 aliphatic carbocycles. The highest BCUT2D eigenvalue weighted by Crippen LogP contribution is 2.30. The lowest BCUT2D eigenvalue weighted by Crippen LogP contribution is -2.33. The highest BCUT2D eigenvalue weighted by atomic mass is 35.5. The van der Waals surface area contributed by atoms with Crippen LogP contribution in [0.2, 0.25) is 5.02 Å². The van der Waals surface area contributed by atoms with Crippen LogP contribution in [0.5, 0.6) is 0 Å². The fourth-order valence-corrected chi connectivity index (χ4v) is 2.95. The molecule has 0 saturated carbocycles. The van der Waals surface area contributed by atoms with Gasteiger partial charge in [0.05, 0.1) is 11.6 Å². The van der Waals surface area contributed by atoms with Crippen LogP contribution in [-0.2, 0) is 4.74 Å². The van der Waals surface area contributed by atoms with Crippen LogP contribution in [0.4, 0.5) is 4.39 Å². The first-order chi connectivity index (χ1) is 9.17. The molecule has 2 atom stereocenters. The van der Waals surface area contributed by atoms with Gasteiger partial charge in [-0.25, -0.2) is 4.39 Å². The molecule has 2 N–H and O–H groups in total. The van der Waals surface area contributed by atoms with E-state index in [1.165, 1.54) is 0 Å². The van der Waals surface area contributed by atoms with E-state index >= 15 is 0 Å². The summed E-state index contributed by atoms with van der Waals surface area (Å²) in [4.78, 5) is 2.22. The maximum atomic E-state index is 14.1. The number of hydrogen-bond donors (Lipinski definition) is 1. The fourth-order valence-electron chi connectivity index (χ4n) is 2.77. The van der Waals surface area contributed by atoms with Crippen molar-refractivity contribution in [1.82, 2.24) is 4.90 Å². The minimum Gasteiger partial charge on any atom is -0.384 e. The molecule has 1 saturated heterocycles. The fraction of sp³-hybridized carbons (Fsp3) is 0.571. The Bertz CT molecular complexity index is 430. The number of nitrogens with two attached hydrogens (primary N) is 1. The van der Waals surface area contributed by atoms with Crippen LogP contribution in [0.15, 0.2) is 18.2 Å². The van der Waals surface area contributed by atoms with E-state index in [0.29, 0.717) is 18.0 Å². The van der Waals surface area contributed by atoms with Gasteiger partial charge in [0.25, 0.3) is 0 Å². The van der Waals surface area contributed by atoms with E-state index in [1.807, 2.05) is 0 Å². The lowest BCUT2D eigenvalue weighted by molar-refractivity contribution is 0.147. The van der Waals surface area contributed by atoms with Gasteiger partial charge in [-0.3, -0.25) is 4.90 Å². The van der Waals surface area contributed by atoms with Crippen molar-refractivity contribution < 1.29 is 9.13 Å². The lowest BCUT2D eigenvalue weighted by Gasteiger charge is -2.27. The predicted molar refractivity (Wildman–Crippen MR) is 74.8 cm³/mol. The summed E-state index contributed by atoms with van der Waals surface area (Å²) >= 11 is 5.85. The van der Waals surface area contributed by atoms with Crippen molar-refractivity contribution in [3.05, 3.63) is 34.6 Å². The summed E-state index contributed by atoms with van der Waals surface area (Å²) in [6.07, 6.45) is 1.06. The number of likely N-dealkylation sites (tertiary alicyclic amines) is 1. The normalized spacial score (nSPS) is 21.8. The maximum absolute atomic E-state index is 14.1. The van der Waals surface area contributed by atoms with Crippen molar-refractivity contribution in [3.8, 4) is 0 Å². The molecule has 1 fully saturated rings. The lowest BCUT2D eigenvalue weighted by atomic mass is 10.0. The van der Waals surface area contributed by atoms with Crippen LogP contribution in [0.3, 0.4) is 0 Å². The third kappa shape index (κ3) is 3.26. The monoisotopic (exact) mass is 286 g/mol. The Morgan fingerprint density at radius 2 is 2.37 bits per heavy atom. The number of rotatable bonds is 5. The van der Waals surface area contributed by atoms with Gasteiger partial charge in [0.15, 0.2) is 0 Å². The van der Waals surface area contributed by atoms with Crippen molar-refractivity contribution in [2.45, 2.75) is 12.5 Å². The molecule has 0 aromatic heterocycles. The van der Waals surface area contributed by atoms with Gasteiger partial charge < -0.3 is 10.5 Å². The summed E-state index contributed by atoms with van der Waals surface area (Å²) in [7, 11) is 1.71. The molecule has 1 aliphatic rings. The topological polar surface area (TPSA) is 38.5 Å². The quantitative estimate of drug-likeness (QED) is 0.904. The summed E-state index contributed by atoms with van der Waals surface area (Å²) in [6.45, 7) is 2.94. The minimum atomic E-state index is -0.352. The Morgan fingerprint density at radius 1 is 1.58 bits per heavy atom. The first kappa shape index (κ1) is 14.7. The average Bonchev–Trinajstić information content (AvgIpc) is 2.84. The summed E-state index contributed by atoms with van der Waals surface area (Å²) in [6, 6.07) is 4.99. The zero-order valence-corrected chi connectivity index (χ0v) is 11.9. The van der Waals surface area contributed by atoms with Gasteiger partial charge in [0.1, 0.15) is 5.82 Å². The molecule has 0 bridgehead atoms. The zero-order valence-electron chi connectivity index (χ0n) is 11.1. The van der Waals surface area contributed by atoms with Crippen molar-refractivity contribution in [3.63, 3.8) is 0 Å². The van der Waals surface area contributed by atoms with E-state index in [9.17, 15) is 4.39 Å². The molecule has 0 radical (unpaired) electrons. The number of benzene rings is 1. The van der Waals surface area contributed by atoms with E-state index < -0.39 is 0 Å². The molecule has 1 aromatic rings. The molecule has 5 heteroatoms. The van der Waals surface area contributed by atoms with Gasteiger partial charge in [0.2, 0.25) is 0 Å². The van der Waals surface area contributed by atoms with Crippen LogP contribution < -0.4 is 5.73 Å². The Labute approximate surface area is 118 Å². The predicted octanol–water partition coefficient (Wildman–Crippen LogP) is 2.45. The Hall–Kier alpha value is -0.680. The largest absolute Gasteiger partial charge is 0.384 e. The number of hydrogen-bond acceptors (Lipinski definition) is 3. The van der Waals surface area contributed by atoms with Gasteiger partial charge in [0, 0.05) is 31.8 Å². The summed E-state index contributed by atoms with van der Waals surface area (Å²) in [5.74, 6) is 0.149. The molecule has 1 heterocycles. The van der Waals surface area contributed by atoms with Gasteiger partial charge >= 0.3 is 0 Å². The number of methoxy groups -OCH3 is 1. The van der Waals surface area contributed by atoms with Crippen LogP contribution in [0.25, 0.3) is 0 Å². The van der Waals surface area contributed by atoms with Crippen LogP contribution in [-0.4, -0.2) is 38.3 Å². The molecule has 0 amide bonds. The van der Waals surface area contributed by atoms with Crippen LogP contribution >= 0.6 is 11.6 Å². The first-order valence-corrected chi connectivity index (χ1v) is 6.92. The van der Waals surface area contributed by atoms with Gasteiger partial charge in [-0.2, -0.15) is 0 Å². The Balaban J connectivity index is 2.14. The molecule has 1 aliphatic heterocycles. The van der Waals surface area contributed by atoms with Crippen LogP contribution in [0, 0.1) is 11.7 Å². The standard InChI is InChI=1S/C14H20ClFN2O/c1-19-9-10-5-6-18(8-10)13(7-17)11-3-2-4-12(15)14(11)16/h2-4,10,13H,5-9,17H2,1H3. The smallest absolute Gasteiger partial charge is 0.146 e. The highest BCUT2D eigenvalue weighted by molar-refractivity contribution is 6.30. The average molecular weight is 287 g/mol. The van der Waals surface area contributed by atoms with Crippen LogP contribution in [0.1, 0.15) is 18.0 Å².